The Kier molecular flexibility index (Phi) is 24.0. The van der Waals surface area contributed by atoms with Crippen molar-refractivity contribution in [1.29, 1.82) is 0 Å². The Hall–Kier alpha value is 0.474. The van der Waals surface area contributed by atoms with Crippen molar-refractivity contribution >= 4 is 0 Å². The molecule has 6 nitrogen and oxygen atoms in total. The van der Waals surface area contributed by atoms with Gasteiger partial charge in [-0.25, -0.2) is 0 Å². The number of hydrogen-bond donors (Lipinski definition) is 0. The van der Waals surface area contributed by atoms with E-state index in [1.165, 1.54) is 0 Å². The van der Waals surface area contributed by atoms with Crippen LogP contribution in [0.15, 0.2) is 0 Å². The van der Waals surface area contributed by atoms with Crippen LogP contribution >= 0.6 is 0 Å². The van der Waals surface area contributed by atoms with E-state index in [0.717, 1.165) is 12.8 Å². The molecule has 0 fully saturated rings. The molecule has 0 aromatic carbocycles. The number of rotatable bonds is 14. The van der Waals surface area contributed by atoms with Gasteiger partial charge in [-0.3, -0.25) is 0 Å². The monoisotopic (exact) mass is 452 g/mol. The molecule has 0 N–H and O–H groups in total. The third-order valence-electron chi connectivity index (χ3n) is 4.56. The third-order valence-corrected chi connectivity index (χ3v) is 4.56. The van der Waals surface area contributed by atoms with Gasteiger partial charge in [-0.1, -0.05) is 66.2 Å². The minimum absolute atomic E-state index is 0. The zero-order chi connectivity index (χ0) is 22.3. The summed E-state index contributed by atoms with van der Waals surface area (Å²) in [6.07, 6.45) is -0.0408. The van der Waals surface area contributed by atoms with Crippen molar-refractivity contribution in [3.63, 3.8) is 0 Å². The largest absolute Gasteiger partial charge is 4.00 e. The number of hydrogen-bond acceptors (Lipinski definition) is 6. The van der Waals surface area contributed by atoms with Crippen molar-refractivity contribution in [2.45, 2.75) is 131 Å². The first-order valence-electron chi connectivity index (χ1n) is 11.0. The van der Waals surface area contributed by atoms with Crippen LogP contribution in [0, 0.1) is 11.8 Å². The molecule has 7 heteroatoms. The molecule has 0 spiro atoms. The zero-order valence-electron chi connectivity index (χ0n) is 19.8. The Morgan fingerprint density at radius 2 is 0.862 bits per heavy atom. The molecule has 0 heterocycles. The van der Waals surface area contributed by atoms with Gasteiger partial charge in [-0.05, 0) is 52.1 Å². The van der Waals surface area contributed by atoms with Gasteiger partial charge < -0.3 is 29.9 Å². The van der Waals surface area contributed by atoms with Crippen molar-refractivity contribution in [2.75, 3.05) is 0 Å². The van der Waals surface area contributed by atoms with Crippen LogP contribution in [0.5, 0.6) is 0 Å². The summed E-state index contributed by atoms with van der Waals surface area (Å²) >= 11 is 0. The summed E-state index contributed by atoms with van der Waals surface area (Å²) in [4.78, 5) is 0. The maximum Gasteiger partial charge on any atom is 4.00 e. The Bertz CT molecular complexity index is 311. The van der Waals surface area contributed by atoms with Crippen molar-refractivity contribution in [3.05, 3.63) is 0 Å². The summed E-state index contributed by atoms with van der Waals surface area (Å²) in [6, 6.07) is 0. The molecular formula is C22H44O6Ti. The topological polar surface area (TPSA) is 111 Å². The van der Waals surface area contributed by atoms with E-state index in [9.17, 15) is 20.4 Å². The average Bonchev–Trinajstić information content (AvgIpc) is 2.55. The second-order valence-electron chi connectivity index (χ2n) is 7.90. The van der Waals surface area contributed by atoms with Gasteiger partial charge >= 0.3 is 21.7 Å². The van der Waals surface area contributed by atoms with Crippen LogP contribution < -0.4 is 20.4 Å². The summed E-state index contributed by atoms with van der Waals surface area (Å²) in [7, 11) is 0. The first kappa shape index (κ1) is 34.1. The van der Waals surface area contributed by atoms with E-state index in [1.807, 2.05) is 55.4 Å². The van der Waals surface area contributed by atoms with Gasteiger partial charge in [0.25, 0.3) is 0 Å². The SMILES string of the molecule is CCCC([O-])C(CC)C([O-])OC(C)C.CCCC([O-])C(CC)C([O-])OC(C)C.[Ti+4]. The van der Waals surface area contributed by atoms with Crippen molar-refractivity contribution in [1.82, 2.24) is 0 Å². The second-order valence-corrected chi connectivity index (χ2v) is 7.90. The van der Waals surface area contributed by atoms with Gasteiger partial charge in [0.1, 0.15) is 0 Å². The van der Waals surface area contributed by atoms with Crippen LogP contribution in [0.4, 0.5) is 0 Å². The van der Waals surface area contributed by atoms with E-state index in [-0.39, 0.29) is 33.9 Å². The van der Waals surface area contributed by atoms with E-state index in [1.54, 1.807) is 0 Å². The normalized spacial score (nSPS) is 17.6. The Morgan fingerprint density at radius 1 is 0.586 bits per heavy atom. The van der Waals surface area contributed by atoms with Crippen molar-refractivity contribution in [2.24, 2.45) is 11.8 Å². The summed E-state index contributed by atoms with van der Waals surface area (Å²) in [5.41, 5.74) is 0. The Morgan fingerprint density at radius 3 is 1.03 bits per heavy atom. The van der Waals surface area contributed by atoms with E-state index < -0.39 is 36.6 Å². The van der Waals surface area contributed by atoms with Crippen molar-refractivity contribution in [3.8, 4) is 0 Å². The molecule has 29 heavy (non-hydrogen) atoms. The minimum Gasteiger partial charge on any atom is -0.852 e. The maximum absolute atomic E-state index is 11.6. The van der Waals surface area contributed by atoms with Crippen LogP contribution in [-0.4, -0.2) is 37.0 Å². The fourth-order valence-corrected chi connectivity index (χ4v) is 3.00. The van der Waals surface area contributed by atoms with E-state index in [2.05, 4.69) is 0 Å². The standard InChI is InChI=1S/2C11H22O3.Ti/c2*1-5-7-10(12)9(6-2)11(13)14-8(3)4;/h2*8-11H,5-7H2,1-4H3;/q2*-2;+4. The molecular weight excluding hydrogens is 408 g/mol. The van der Waals surface area contributed by atoms with Crippen LogP contribution in [0.2, 0.25) is 0 Å². The van der Waals surface area contributed by atoms with Crippen molar-refractivity contribution < 1.29 is 51.6 Å². The van der Waals surface area contributed by atoms with Gasteiger partial charge in [0.05, 0.1) is 12.2 Å². The zero-order valence-corrected chi connectivity index (χ0v) is 21.4. The smallest absolute Gasteiger partial charge is 0.852 e. The van der Waals surface area contributed by atoms with Crippen LogP contribution in [0.3, 0.4) is 0 Å². The fourth-order valence-electron chi connectivity index (χ4n) is 3.00. The van der Waals surface area contributed by atoms with E-state index in [0.29, 0.717) is 25.7 Å². The molecule has 0 saturated heterocycles. The summed E-state index contributed by atoms with van der Waals surface area (Å²) < 4.78 is 10.2. The molecule has 0 aromatic heterocycles. The molecule has 172 valence electrons. The quantitative estimate of drug-likeness (QED) is 0.290. The van der Waals surface area contributed by atoms with Gasteiger partial charge in [-0.15, -0.1) is 12.2 Å². The predicted molar refractivity (Wildman–Crippen MR) is 105 cm³/mol. The Balaban J connectivity index is -0.000000451. The fraction of sp³-hybridized carbons (Fsp3) is 1.00. The first-order valence-corrected chi connectivity index (χ1v) is 11.0. The molecule has 6 unspecified atom stereocenters. The molecule has 0 radical (unpaired) electrons. The van der Waals surface area contributed by atoms with E-state index in [4.69, 9.17) is 9.47 Å². The molecule has 0 rings (SSSR count). The minimum atomic E-state index is -1.16. The average molecular weight is 452 g/mol. The first-order chi connectivity index (χ1) is 13.0. The molecule has 0 aliphatic rings. The molecule has 0 amide bonds. The summed E-state index contributed by atoms with van der Waals surface area (Å²) in [6.45, 7) is 14.9. The van der Waals surface area contributed by atoms with E-state index >= 15 is 0 Å². The van der Waals surface area contributed by atoms with Crippen LogP contribution in [-0.2, 0) is 31.2 Å². The predicted octanol–water partition coefficient (Wildman–Crippen LogP) is 1.30. The second kappa shape index (κ2) is 20.4. The Labute approximate surface area is 194 Å². The molecule has 6 atom stereocenters. The van der Waals surface area contributed by atoms with Gasteiger partial charge in [0.2, 0.25) is 0 Å². The molecule has 0 aliphatic carbocycles. The van der Waals surface area contributed by atoms with Gasteiger partial charge in [0, 0.05) is 0 Å². The number of ether oxygens (including phenoxy) is 2. The molecule has 0 bridgehead atoms. The summed E-state index contributed by atoms with van der Waals surface area (Å²) in [5, 5.41) is 46.3. The van der Waals surface area contributed by atoms with Gasteiger partial charge in [-0.2, -0.15) is 0 Å². The van der Waals surface area contributed by atoms with Gasteiger partial charge in [0.15, 0.2) is 0 Å². The van der Waals surface area contributed by atoms with Crippen LogP contribution in [0.25, 0.3) is 0 Å². The molecule has 0 aliphatic heterocycles. The van der Waals surface area contributed by atoms with Crippen LogP contribution in [0.1, 0.15) is 93.9 Å². The third kappa shape index (κ3) is 16.8. The molecule has 0 saturated carbocycles. The summed E-state index contributed by atoms with van der Waals surface area (Å²) in [5.74, 6) is -0.783. The molecule has 0 aromatic rings. The maximum atomic E-state index is 11.6.